The van der Waals surface area contributed by atoms with Gasteiger partial charge in [0.05, 0.1) is 30.2 Å². The summed E-state index contributed by atoms with van der Waals surface area (Å²) in [5.41, 5.74) is 10.3. The average Bonchev–Trinajstić information content (AvgIpc) is 3.08. The van der Waals surface area contributed by atoms with Crippen molar-refractivity contribution in [1.82, 2.24) is 9.97 Å². The van der Waals surface area contributed by atoms with Crippen LogP contribution in [-0.2, 0) is 25.7 Å². The number of aliphatic hydroxyl groups excluding tert-OH is 1. The van der Waals surface area contributed by atoms with Gasteiger partial charge in [-0.1, -0.05) is 66.7 Å². The summed E-state index contributed by atoms with van der Waals surface area (Å²) in [5, 5.41) is 16.0. The minimum atomic E-state index is -0.646. The number of rotatable bonds is 14. The maximum absolute atomic E-state index is 12.7. The van der Waals surface area contributed by atoms with Crippen LogP contribution in [0, 0.1) is 0 Å². The molecule has 3 aromatic carbocycles. The second-order valence-electron chi connectivity index (χ2n) is 11.1. The van der Waals surface area contributed by atoms with E-state index < -0.39 is 6.29 Å². The first-order chi connectivity index (χ1) is 22.5. The fourth-order valence-electron chi connectivity index (χ4n) is 5.11. The van der Waals surface area contributed by atoms with Gasteiger partial charge in [0.2, 0.25) is 11.8 Å². The number of nitrogens with two attached hydrogens (primary N) is 1. The number of carbonyl (C=O) groups excluding carboxylic acids is 2. The Labute approximate surface area is 273 Å². The fraction of sp³-hybridized carbons (Fsp3) is 0.314. The Kier molecular flexibility index (Phi) is 12.1. The summed E-state index contributed by atoms with van der Waals surface area (Å²) in [4.78, 5) is 33.6. The van der Waals surface area contributed by atoms with Gasteiger partial charge >= 0.3 is 0 Å². The molecule has 5 N–H and O–H groups in total. The molecular formula is C35H39N5O5S. The summed E-state index contributed by atoms with van der Waals surface area (Å²) in [6.07, 6.45) is 5.89. The number of nitrogen functional groups attached to an aromatic ring is 1. The Bertz CT molecular complexity index is 1570. The van der Waals surface area contributed by atoms with Crippen LogP contribution < -0.4 is 16.4 Å². The molecule has 1 saturated heterocycles. The quantitative estimate of drug-likeness (QED) is 0.0530. The summed E-state index contributed by atoms with van der Waals surface area (Å²) in [6, 6.07) is 24.2. The maximum atomic E-state index is 12.7. The Morgan fingerprint density at radius 3 is 2.33 bits per heavy atom. The average molecular weight is 642 g/mol. The van der Waals surface area contributed by atoms with E-state index in [0.717, 1.165) is 23.1 Å². The van der Waals surface area contributed by atoms with Crippen molar-refractivity contribution in [1.29, 1.82) is 0 Å². The van der Waals surface area contributed by atoms with E-state index in [-0.39, 0.29) is 30.6 Å². The van der Waals surface area contributed by atoms with Crippen LogP contribution in [0.5, 0.6) is 0 Å². The summed E-state index contributed by atoms with van der Waals surface area (Å²) >= 11 is 1.53. The Morgan fingerprint density at radius 2 is 1.59 bits per heavy atom. The molecule has 240 valence electrons. The zero-order valence-electron chi connectivity index (χ0n) is 25.5. The van der Waals surface area contributed by atoms with Gasteiger partial charge in [-0.05, 0) is 54.3 Å². The molecule has 3 unspecified atom stereocenters. The first-order valence-corrected chi connectivity index (χ1v) is 16.4. The Hall–Kier alpha value is -4.29. The molecular weight excluding hydrogens is 602 g/mol. The van der Waals surface area contributed by atoms with E-state index in [0.29, 0.717) is 60.1 Å². The largest absolute Gasteiger partial charge is 0.397 e. The number of anilines is 3. The normalized spacial score (nSPS) is 17.7. The molecule has 46 heavy (non-hydrogen) atoms. The van der Waals surface area contributed by atoms with Crippen LogP contribution in [0.15, 0.2) is 96.4 Å². The highest BCUT2D eigenvalue weighted by atomic mass is 32.2. The van der Waals surface area contributed by atoms with Crippen LogP contribution >= 0.6 is 11.8 Å². The third-order valence-corrected chi connectivity index (χ3v) is 8.55. The number of para-hydroxylation sites is 2. The van der Waals surface area contributed by atoms with Crippen LogP contribution in [0.1, 0.15) is 67.6 Å². The zero-order chi connectivity index (χ0) is 32.1. The summed E-state index contributed by atoms with van der Waals surface area (Å²) < 4.78 is 12.9. The number of hydrogen-bond acceptors (Lipinski definition) is 9. The number of amides is 2. The van der Waals surface area contributed by atoms with Gasteiger partial charge in [0.1, 0.15) is 0 Å². The number of benzene rings is 3. The predicted octanol–water partition coefficient (Wildman–Crippen LogP) is 6.42. The van der Waals surface area contributed by atoms with Crippen molar-refractivity contribution in [2.75, 3.05) is 22.1 Å². The fourth-order valence-corrected chi connectivity index (χ4v) is 5.93. The second-order valence-corrected chi connectivity index (χ2v) is 12.0. The topological polar surface area (TPSA) is 149 Å². The molecule has 0 bridgehead atoms. The number of unbranched alkanes of at least 4 members (excludes halogenated alkanes) is 2. The van der Waals surface area contributed by atoms with E-state index >= 15 is 0 Å². The standard InChI is InChI=1S/C35H39N5O5S/c36-29-10-4-5-11-30(29)40-33(43)13-3-1-2-12-32(42)39-27-9-6-8-26(20-27)34-44-28(23-46-35-37-18-7-19-38-35)21-31(45-34)25-16-14-24(22-41)15-17-25/h4-11,14-20,28,31,34,41H,1-3,12-13,21-23,36H2,(H,39,42)(H,40,43). The number of ether oxygens (including phenoxy) is 2. The molecule has 10 nitrogen and oxygen atoms in total. The zero-order valence-corrected chi connectivity index (χ0v) is 26.3. The highest BCUT2D eigenvalue weighted by Gasteiger charge is 2.32. The molecule has 0 saturated carbocycles. The number of hydrogen-bond donors (Lipinski definition) is 4. The molecule has 1 aromatic heterocycles. The van der Waals surface area contributed by atoms with E-state index in [1.807, 2.05) is 60.7 Å². The molecule has 1 fully saturated rings. The van der Waals surface area contributed by atoms with Crippen molar-refractivity contribution < 1.29 is 24.2 Å². The first-order valence-electron chi connectivity index (χ1n) is 15.4. The van der Waals surface area contributed by atoms with Crippen molar-refractivity contribution in [2.24, 2.45) is 0 Å². The van der Waals surface area contributed by atoms with Crippen molar-refractivity contribution >= 4 is 40.6 Å². The third-order valence-electron chi connectivity index (χ3n) is 7.54. The number of thioether (sulfide) groups is 1. The SMILES string of the molecule is Nc1ccccc1NC(=O)CCCCCC(=O)Nc1cccc(C2OC(CSc3ncccn3)CC(c3ccc(CO)cc3)O2)c1. The second kappa shape index (κ2) is 16.9. The molecule has 1 aliphatic rings. The molecule has 2 heterocycles. The maximum Gasteiger partial charge on any atom is 0.224 e. The van der Waals surface area contributed by atoms with Gasteiger partial charge in [-0.25, -0.2) is 9.97 Å². The van der Waals surface area contributed by atoms with Gasteiger partial charge < -0.3 is 30.9 Å². The molecule has 2 amide bonds. The number of aromatic nitrogens is 2. The van der Waals surface area contributed by atoms with Gasteiger partial charge in [0.15, 0.2) is 11.4 Å². The number of nitrogens with one attached hydrogen (secondary N) is 2. The summed E-state index contributed by atoms with van der Waals surface area (Å²) in [6.45, 7) is -0.0196. The van der Waals surface area contributed by atoms with E-state index in [2.05, 4.69) is 20.6 Å². The van der Waals surface area contributed by atoms with Gasteiger partial charge in [-0.15, -0.1) is 0 Å². The predicted molar refractivity (Wildman–Crippen MR) is 179 cm³/mol. The molecule has 4 aromatic rings. The third kappa shape index (κ3) is 9.85. The lowest BCUT2D eigenvalue weighted by Gasteiger charge is -2.36. The van der Waals surface area contributed by atoms with Gasteiger partial charge in [-0.2, -0.15) is 0 Å². The lowest BCUT2D eigenvalue weighted by Crippen LogP contribution is -2.31. The lowest BCUT2D eigenvalue weighted by atomic mass is 10.0. The lowest BCUT2D eigenvalue weighted by molar-refractivity contribution is -0.245. The van der Waals surface area contributed by atoms with Gasteiger partial charge in [-0.3, -0.25) is 9.59 Å². The molecule has 3 atom stereocenters. The van der Waals surface area contributed by atoms with E-state index in [9.17, 15) is 14.7 Å². The minimum Gasteiger partial charge on any atom is -0.397 e. The van der Waals surface area contributed by atoms with Crippen molar-refractivity contribution in [3.8, 4) is 0 Å². The monoisotopic (exact) mass is 641 g/mol. The summed E-state index contributed by atoms with van der Waals surface area (Å²) in [7, 11) is 0. The molecule has 0 spiro atoms. The molecule has 11 heteroatoms. The number of nitrogens with zero attached hydrogens (tertiary/aromatic N) is 2. The highest BCUT2D eigenvalue weighted by Crippen LogP contribution is 2.39. The Balaban J connectivity index is 1.14. The van der Waals surface area contributed by atoms with Crippen molar-refractivity contribution in [3.05, 3.63) is 108 Å². The minimum absolute atomic E-state index is 0.0196. The highest BCUT2D eigenvalue weighted by molar-refractivity contribution is 7.99. The smallest absolute Gasteiger partial charge is 0.224 e. The van der Waals surface area contributed by atoms with Crippen LogP contribution in [0.3, 0.4) is 0 Å². The van der Waals surface area contributed by atoms with Crippen molar-refractivity contribution in [2.45, 2.75) is 68.8 Å². The number of carbonyl (C=O) groups is 2. The molecule has 0 radical (unpaired) electrons. The van der Waals surface area contributed by atoms with Gasteiger partial charge in [0.25, 0.3) is 0 Å². The van der Waals surface area contributed by atoms with Crippen molar-refractivity contribution in [3.63, 3.8) is 0 Å². The van der Waals surface area contributed by atoms with Gasteiger partial charge in [0, 0.05) is 48.7 Å². The Morgan fingerprint density at radius 1 is 0.848 bits per heavy atom. The summed E-state index contributed by atoms with van der Waals surface area (Å²) in [5.74, 6) is 0.459. The van der Waals surface area contributed by atoms with Crippen LogP contribution in [0.4, 0.5) is 17.1 Å². The molecule has 1 aliphatic heterocycles. The van der Waals surface area contributed by atoms with Crippen LogP contribution in [0.25, 0.3) is 0 Å². The van der Waals surface area contributed by atoms with E-state index in [1.54, 1.807) is 30.6 Å². The van der Waals surface area contributed by atoms with E-state index in [1.165, 1.54) is 11.8 Å². The molecule has 5 rings (SSSR count). The van der Waals surface area contributed by atoms with E-state index in [4.69, 9.17) is 15.2 Å². The first kappa shape index (κ1) is 33.1. The number of aliphatic hydroxyl groups is 1. The van der Waals surface area contributed by atoms with Crippen LogP contribution in [-0.4, -0.2) is 38.7 Å². The molecule has 0 aliphatic carbocycles. The van der Waals surface area contributed by atoms with Crippen LogP contribution in [0.2, 0.25) is 0 Å².